The number of phenolic OH excluding ortho intramolecular Hbond substituents is 1. The van der Waals surface area contributed by atoms with Crippen molar-refractivity contribution in [2.45, 2.75) is 24.6 Å². The van der Waals surface area contributed by atoms with Gasteiger partial charge in [0.2, 0.25) is 10.0 Å². The number of hydrogen-bond acceptors (Lipinski definition) is 6. The maximum atomic E-state index is 12.9. The van der Waals surface area contributed by atoms with E-state index in [2.05, 4.69) is 4.72 Å². The summed E-state index contributed by atoms with van der Waals surface area (Å²) in [5.74, 6) is -1.19. The molecule has 4 rings (SSSR count). The van der Waals surface area contributed by atoms with Gasteiger partial charge < -0.3 is 5.11 Å². The quantitative estimate of drug-likeness (QED) is 0.398. The molecule has 0 spiro atoms. The average molecular weight is 516 g/mol. The number of carbonyl (C=O) groups is 1. The number of anilines is 1. The monoisotopic (exact) mass is 515 g/mol. The lowest BCUT2D eigenvalue weighted by Crippen LogP contribution is -2.38. The van der Waals surface area contributed by atoms with Gasteiger partial charge in [-0.3, -0.25) is 4.79 Å². The minimum absolute atomic E-state index is 0.0311. The average Bonchev–Trinajstić information content (AvgIpc) is 3.06. The molecule has 0 radical (unpaired) electrons. The van der Waals surface area contributed by atoms with Crippen molar-refractivity contribution < 1.29 is 26.7 Å². The van der Waals surface area contributed by atoms with Crippen molar-refractivity contribution in [3.05, 3.63) is 95.6 Å². The van der Waals surface area contributed by atoms with Gasteiger partial charge in [0, 0.05) is 6.04 Å². The molecule has 1 atom stereocenters. The molecule has 35 heavy (non-hydrogen) atoms. The highest BCUT2D eigenvalue weighted by molar-refractivity contribution is 7.92. The van der Waals surface area contributed by atoms with Crippen molar-refractivity contribution in [2.75, 3.05) is 10.8 Å². The largest absolute Gasteiger partial charge is 0.506 e. The summed E-state index contributed by atoms with van der Waals surface area (Å²) in [7, 11) is -7.73. The van der Waals surface area contributed by atoms with Crippen LogP contribution in [0.5, 0.6) is 5.75 Å². The van der Waals surface area contributed by atoms with Crippen LogP contribution in [0.2, 0.25) is 0 Å². The fourth-order valence-corrected chi connectivity index (χ4v) is 6.55. The number of nitrogens with one attached hydrogen (secondary N) is 2. The summed E-state index contributed by atoms with van der Waals surface area (Å²) in [4.78, 5) is 11.5. The number of phenols is 1. The van der Waals surface area contributed by atoms with Gasteiger partial charge in [0.25, 0.3) is 5.91 Å². The van der Waals surface area contributed by atoms with Crippen molar-refractivity contribution in [1.29, 1.82) is 0 Å². The Hall–Kier alpha value is -3.41. The van der Waals surface area contributed by atoms with Crippen LogP contribution in [0, 0.1) is 0 Å². The second-order valence-corrected chi connectivity index (χ2v) is 11.7. The van der Waals surface area contributed by atoms with Crippen LogP contribution < -0.4 is 13.7 Å². The summed E-state index contributed by atoms with van der Waals surface area (Å²) in [5.41, 5.74) is 2.17. The summed E-state index contributed by atoms with van der Waals surface area (Å²) < 4.78 is 55.5. The molecule has 1 aliphatic heterocycles. The minimum atomic E-state index is -4.06. The molecule has 0 saturated carbocycles. The molecular weight excluding hydrogens is 490 g/mol. The number of benzene rings is 3. The topological polar surface area (TPSA) is 133 Å². The van der Waals surface area contributed by atoms with Crippen molar-refractivity contribution in [2.24, 2.45) is 0 Å². The van der Waals surface area contributed by atoms with E-state index in [9.17, 15) is 26.7 Å². The molecule has 11 heteroatoms. The van der Waals surface area contributed by atoms with Crippen LogP contribution in [0.15, 0.2) is 78.9 Å². The Balaban J connectivity index is 1.56. The highest BCUT2D eigenvalue weighted by Crippen LogP contribution is 2.31. The van der Waals surface area contributed by atoms with E-state index >= 15 is 0 Å². The molecule has 3 aromatic rings. The van der Waals surface area contributed by atoms with Gasteiger partial charge in [-0.05, 0) is 41.7 Å². The van der Waals surface area contributed by atoms with E-state index in [1.165, 1.54) is 12.1 Å². The predicted octanol–water partition coefficient (Wildman–Crippen LogP) is 1.85. The lowest BCUT2D eigenvalue weighted by Gasteiger charge is -2.21. The Morgan fingerprint density at radius 2 is 1.51 bits per heavy atom. The number of carbonyl (C=O) groups excluding carboxylic acids is 1. The van der Waals surface area contributed by atoms with Crippen molar-refractivity contribution in [3.63, 3.8) is 0 Å². The van der Waals surface area contributed by atoms with Gasteiger partial charge in [-0.15, -0.1) is 0 Å². The van der Waals surface area contributed by atoms with E-state index in [1.807, 2.05) is 41.1 Å². The smallest absolute Gasteiger partial charge is 0.326 e. The molecule has 3 N–H and O–H groups in total. The molecule has 0 aliphatic carbocycles. The fraction of sp³-hybridized carbons (Fsp3) is 0.208. The second kappa shape index (κ2) is 10.1. The van der Waals surface area contributed by atoms with E-state index in [0.717, 1.165) is 9.87 Å². The van der Waals surface area contributed by atoms with E-state index in [1.54, 1.807) is 30.3 Å². The molecule has 1 aliphatic rings. The molecule has 0 unspecified atom stereocenters. The SMILES string of the molecule is O=C1CN(c2ccc(C[C@H](Cc3ccccc3)NS(=O)(=O)Cc3ccccc3)cc2O)S(=O)(=O)N1. The van der Waals surface area contributed by atoms with E-state index in [0.29, 0.717) is 17.5 Å². The number of amides is 1. The Morgan fingerprint density at radius 1 is 0.914 bits per heavy atom. The zero-order valence-corrected chi connectivity index (χ0v) is 20.3. The number of sulfonamides is 1. The van der Waals surface area contributed by atoms with E-state index < -0.39 is 38.7 Å². The molecule has 0 bridgehead atoms. The Bertz CT molecular complexity index is 1410. The first kappa shape index (κ1) is 24.7. The van der Waals surface area contributed by atoms with Crippen LogP contribution in [-0.2, 0) is 43.6 Å². The second-order valence-electron chi connectivity index (χ2n) is 8.31. The molecule has 0 aromatic heterocycles. The first-order valence-corrected chi connectivity index (χ1v) is 13.9. The molecule has 3 aromatic carbocycles. The third kappa shape index (κ3) is 6.38. The molecule has 1 heterocycles. The van der Waals surface area contributed by atoms with Gasteiger partial charge in [-0.25, -0.2) is 22.2 Å². The normalized spacial score (nSPS) is 16.1. The molecular formula is C24H25N3O6S2. The van der Waals surface area contributed by atoms with Gasteiger partial charge in [-0.1, -0.05) is 66.7 Å². The number of rotatable bonds is 9. The maximum absolute atomic E-state index is 12.9. The number of aromatic hydroxyl groups is 1. The van der Waals surface area contributed by atoms with Crippen LogP contribution in [0.25, 0.3) is 0 Å². The fourth-order valence-electron chi connectivity index (χ4n) is 4.00. The van der Waals surface area contributed by atoms with Gasteiger partial charge in [0.1, 0.15) is 12.3 Å². The van der Waals surface area contributed by atoms with E-state index in [-0.39, 0.29) is 23.6 Å². The minimum Gasteiger partial charge on any atom is -0.506 e. The molecule has 1 amide bonds. The van der Waals surface area contributed by atoms with Crippen molar-refractivity contribution >= 4 is 31.8 Å². The Morgan fingerprint density at radius 3 is 2.09 bits per heavy atom. The summed E-state index contributed by atoms with van der Waals surface area (Å²) in [6.07, 6.45) is 0.664. The third-order valence-electron chi connectivity index (χ3n) is 5.48. The Labute approximate surface area is 204 Å². The summed E-state index contributed by atoms with van der Waals surface area (Å²) in [5, 5.41) is 10.5. The highest BCUT2D eigenvalue weighted by atomic mass is 32.2. The van der Waals surface area contributed by atoms with Gasteiger partial charge >= 0.3 is 10.2 Å². The van der Waals surface area contributed by atoms with Crippen molar-refractivity contribution in [3.8, 4) is 5.75 Å². The standard InChI is InChI=1S/C24H25N3O6S2/c28-23-15-20(11-12-22(23)27-16-24(29)26-35(27,32)33)14-21(13-18-7-3-1-4-8-18)25-34(30,31)17-19-9-5-2-6-10-19/h1-12,15,21,25,28H,13-14,16-17H2,(H,26,29)/t21-/m0/s1. The van der Waals surface area contributed by atoms with Crippen LogP contribution >= 0.6 is 0 Å². The van der Waals surface area contributed by atoms with Crippen LogP contribution in [0.3, 0.4) is 0 Å². The molecule has 1 fully saturated rings. The molecule has 1 saturated heterocycles. The van der Waals surface area contributed by atoms with Crippen molar-refractivity contribution in [1.82, 2.24) is 9.44 Å². The first-order valence-electron chi connectivity index (χ1n) is 10.8. The molecule has 184 valence electrons. The highest BCUT2D eigenvalue weighted by Gasteiger charge is 2.35. The lowest BCUT2D eigenvalue weighted by atomic mass is 9.99. The number of nitrogens with zero attached hydrogens (tertiary/aromatic N) is 1. The predicted molar refractivity (Wildman–Crippen MR) is 132 cm³/mol. The molecule has 9 nitrogen and oxygen atoms in total. The summed E-state index contributed by atoms with van der Waals surface area (Å²) >= 11 is 0. The number of hydrogen-bond donors (Lipinski definition) is 3. The zero-order valence-electron chi connectivity index (χ0n) is 18.7. The van der Waals surface area contributed by atoms with E-state index in [4.69, 9.17) is 0 Å². The lowest BCUT2D eigenvalue weighted by molar-refractivity contribution is -0.117. The van der Waals surface area contributed by atoms with Crippen LogP contribution in [0.1, 0.15) is 16.7 Å². The van der Waals surface area contributed by atoms with Gasteiger partial charge in [0.05, 0.1) is 11.4 Å². The zero-order chi connectivity index (χ0) is 25.1. The summed E-state index contributed by atoms with van der Waals surface area (Å²) in [6, 6.07) is 22.2. The van der Waals surface area contributed by atoms with Gasteiger partial charge in [-0.2, -0.15) is 8.42 Å². The Kier molecular flexibility index (Phi) is 7.10. The van der Waals surface area contributed by atoms with Crippen LogP contribution in [0.4, 0.5) is 5.69 Å². The summed E-state index contributed by atoms with van der Waals surface area (Å²) in [6.45, 7) is -0.425. The first-order chi connectivity index (χ1) is 16.6. The third-order valence-corrected chi connectivity index (χ3v) is 8.28. The maximum Gasteiger partial charge on any atom is 0.326 e. The van der Waals surface area contributed by atoms with Crippen LogP contribution in [-0.4, -0.2) is 40.4 Å². The van der Waals surface area contributed by atoms with Gasteiger partial charge in [0.15, 0.2) is 0 Å².